The van der Waals surface area contributed by atoms with Gasteiger partial charge in [-0.05, 0) is 47.2 Å². The maximum Gasteiger partial charge on any atom is 0.303 e. The van der Waals surface area contributed by atoms with Crippen molar-refractivity contribution in [2.45, 2.75) is 78.6 Å². The molecule has 5 N–H and O–H groups in total. The number of phenols is 1. The minimum absolute atomic E-state index is 0.0720. The van der Waals surface area contributed by atoms with Crippen molar-refractivity contribution in [2.75, 3.05) is 10.6 Å². The average molecular weight is 611 g/mol. The fraction of sp³-hybridized carbons (Fsp3) is 0.333. The molecule has 4 rings (SSSR count). The van der Waals surface area contributed by atoms with Gasteiger partial charge in [0.05, 0.1) is 17.8 Å². The molecule has 0 unspecified atom stereocenters. The Morgan fingerprint density at radius 2 is 1.22 bits per heavy atom. The van der Waals surface area contributed by atoms with Gasteiger partial charge in [0.15, 0.2) is 0 Å². The van der Waals surface area contributed by atoms with Gasteiger partial charge >= 0.3 is 5.97 Å². The van der Waals surface area contributed by atoms with Crippen LogP contribution >= 0.6 is 0 Å². The zero-order valence-electron chi connectivity index (χ0n) is 27.0. The number of amides is 2. The first kappa shape index (κ1) is 33.0. The van der Waals surface area contributed by atoms with Crippen molar-refractivity contribution >= 4 is 29.2 Å². The molecule has 0 radical (unpaired) electrons. The number of benzene rings is 3. The topological polar surface area (TPSA) is 144 Å². The Morgan fingerprint density at radius 1 is 0.733 bits per heavy atom. The molecule has 9 nitrogen and oxygen atoms in total. The number of imidazole rings is 1. The quantitative estimate of drug-likeness (QED) is 0.130. The molecular weight excluding hydrogens is 568 g/mol. The van der Waals surface area contributed by atoms with Gasteiger partial charge in [0.25, 0.3) is 0 Å². The van der Waals surface area contributed by atoms with Crippen LogP contribution in [0.4, 0.5) is 11.4 Å². The van der Waals surface area contributed by atoms with Crippen molar-refractivity contribution in [1.82, 2.24) is 9.97 Å². The number of nitrogens with one attached hydrogen (secondary N) is 3. The summed E-state index contributed by atoms with van der Waals surface area (Å²) in [5.41, 5.74) is 6.19. The van der Waals surface area contributed by atoms with Gasteiger partial charge in [-0.2, -0.15) is 0 Å². The molecule has 0 spiro atoms. The first-order chi connectivity index (χ1) is 21.1. The second-order valence-corrected chi connectivity index (χ2v) is 13.2. The number of hydrogen-bond donors (Lipinski definition) is 5. The number of rotatable bonds is 9. The first-order valence-corrected chi connectivity index (χ1v) is 15.1. The Kier molecular flexibility index (Phi) is 9.51. The monoisotopic (exact) mass is 610 g/mol. The third-order valence-electron chi connectivity index (χ3n) is 7.49. The maximum absolute atomic E-state index is 12.2. The largest absolute Gasteiger partial charge is 0.507 e. The van der Waals surface area contributed by atoms with Crippen molar-refractivity contribution in [3.63, 3.8) is 0 Å². The van der Waals surface area contributed by atoms with Gasteiger partial charge in [-0.25, -0.2) is 4.98 Å². The number of carboxylic acids is 1. The van der Waals surface area contributed by atoms with Gasteiger partial charge in [-0.3, -0.25) is 14.4 Å². The molecular formula is C36H42N4O5. The van der Waals surface area contributed by atoms with E-state index in [1.165, 1.54) is 0 Å². The van der Waals surface area contributed by atoms with Crippen molar-refractivity contribution in [1.29, 1.82) is 0 Å². The molecule has 9 heteroatoms. The lowest BCUT2D eigenvalue weighted by Gasteiger charge is -2.28. The standard InChI is InChI=1S/C36H42N4O5/c1-8-28(41)37-24-13-9-21(10-14-24)31-32(22-11-15-25(16-12-22)38-29(42)17-18-30(43)44)40-34(39-31)23-19-26(35(2,3)4)33(45)27(20-23)36(5,6)7/h9-16,19-20,45H,8,17-18H2,1-7H3,(H,37,41)(H,38,42)(H,39,40)(H,43,44). The zero-order valence-corrected chi connectivity index (χ0v) is 27.0. The average Bonchev–Trinajstić information content (AvgIpc) is 3.41. The summed E-state index contributed by atoms with van der Waals surface area (Å²) in [6.45, 7) is 14.2. The molecule has 0 saturated carbocycles. The van der Waals surface area contributed by atoms with Crippen molar-refractivity contribution in [2.24, 2.45) is 0 Å². The lowest BCUT2D eigenvalue weighted by Crippen LogP contribution is -2.17. The van der Waals surface area contributed by atoms with E-state index in [9.17, 15) is 19.5 Å². The van der Waals surface area contributed by atoms with Crippen LogP contribution in [0.3, 0.4) is 0 Å². The van der Waals surface area contributed by atoms with Gasteiger partial charge in [0, 0.05) is 52.0 Å². The first-order valence-electron chi connectivity index (χ1n) is 15.1. The van der Waals surface area contributed by atoms with E-state index in [1.807, 2.05) is 48.5 Å². The number of carboxylic acid groups (broad SMARTS) is 1. The SMILES string of the molecule is CCC(=O)Nc1ccc(-c2nc(-c3cc(C(C)(C)C)c(O)c(C(C)(C)C)c3)[nH]c2-c2ccc(NC(=O)CCC(=O)O)cc2)cc1. The van der Waals surface area contributed by atoms with Gasteiger partial charge in [-0.1, -0.05) is 72.7 Å². The lowest BCUT2D eigenvalue weighted by atomic mass is 9.78. The highest BCUT2D eigenvalue weighted by atomic mass is 16.4. The highest BCUT2D eigenvalue weighted by Crippen LogP contribution is 2.43. The van der Waals surface area contributed by atoms with Crippen LogP contribution in [0.15, 0.2) is 60.7 Å². The third kappa shape index (κ3) is 7.98. The number of carbonyl (C=O) groups excluding carboxylic acids is 2. The molecule has 0 bridgehead atoms. The van der Waals surface area contributed by atoms with E-state index in [2.05, 4.69) is 57.2 Å². The Hall–Kier alpha value is -4.92. The number of nitrogens with zero attached hydrogens (tertiary/aromatic N) is 1. The normalized spacial score (nSPS) is 11.7. The van der Waals surface area contributed by atoms with Gasteiger partial charge in [-0.15, -0.1) is 0 Å². The van der Waals surface area contributed by atoms with E-state index in [-0.39, 0.29) is 41.2 Å². The van der Waals surface area contributed by atoms with E-state index in [0.717, 1.165) is 33.5 Å². The summed E-state index contributed by atoms with van der Waals surface area (Å²) in [7, 11) is 0. The minimum atomic E-state index is -1.03. The highest BCUT2D eigenvalue weighted by molar-refractivity contribution is 5.93. The summed E-state index contributed by atoms with van der Waals surface area (Å²) in [5.74, 6) is -0.553. The van der Waals surface area contributed by atoms with E-state index in [1.54, 1.807) is 19.1 Å². The number of aromatic amines is 1. The van der Waals surface area contributed by atoms with Crippen molar-refractivity contribution < 1.29 is 24.6 Å². The summed E-state index contributed by atoms with van der Waals surface area (Å²) in [4.78, 5) is 43.5. The molecule has 0 aliphatic carbocycles. The summed E-state index contributed by atoms with van der Waals surface area (Å²) in [5, 5.41) is 25.8. The van der Waals surface area contributed by atoms with E-state index in [0.29, 0.717) is 29.3 Å². The summed E-state index contributed by atoms with van der Waals surface area (Å²) in [6.07, 6.45) is 0.0280. The molecule has 236 valence electrons. The fourth-order valence-corrected chi connectivity index (χ4v) is 4.97. The third-order valence-corrected chi connectivity index (χ3v) is 7.49. The Balaban J connectivity index is 1.82. The van der Waals surface area contributed by atoms with Crippen LogP contribution in [-0.2, 0) is 25.2 Å². The Morgan fingerprint density at radius 3 is 1.69 bits per heavy atom. The molecule has 3 aromatic carbocycles. The number of hydrogen-bond acceptors (Lipinski definition) is 5. The number of aromatic hydroxyl groups is 1. The van der Waals surface area contributed by atoms with Crippen molar-refractivity contribution in [3.8, 4) is 39.7 Å². The van der Waals surface area contributed by atoms with Gasteiger partial charge in [0.2, 0.25) is 11.8 Å². The maximum atomic E-state index is 12.2. The predicted octanol–water partition coefficient (Wildman–Crippen LogP) is 7.86. The molecule has 0 fully saturated rings. The molecule has 0 atom stereocenters. The van der Waals surface area contributed by atoms with Gasteiger partial charge < -0.3 is 25.8 Å². The Labute approximate surface area is 264 Å². The molecule has 2 amide bonds. The second-order valence-electron chi connectivity index (χ2n) is 13.2. The van der Waals surface area contributed by atoms with Crippen LogP contribution in [0.2, 0.25) is 0 Å². The fourth-order valence-electron chi connectivity index (χ4n) is 4.97. The van der Waals surface area contributed by atoms with Crippen LogP contribution < -0.4 is 10.6 Å². The molecule has 45 heavy (non-hydrogen) atoms. The summed E-state index contributed by atoms with van der Waals surface area (Å²) >= 11 is 0. The van der Waals surface area contributed by atoms with Crippen LogP contribution in [0.25, 0.3) is 33.9 Å². The van der Waals surface area contributed by atoms with Crippen LogP contribution in [0.5, 0.6) is 5.75 Å². The lowest BCUT2D eigenvalue weighted by molar-refractivity contribution is -0.138. The Bertz CT molecular complexity index is 1670. The second kappa shape index (κ2) is 13.0. The highest BCUT2D eigenvalue weighted by Gasteiger charge is 2.28. The van der Waals surface area contributed by atoms with E-state index >= 15 is 0 Å². The predicted molar refractivity (Wildman–Crippen MR) is 178 cm³/mol. The summed E-state index contributed by atoms with van der Waals surface area (Å²) < 4.78 is 0. The van der Waals surface area contributed by atoms with Crippen LogP contribution in [0.1, 0.15) is 78.9 Å². The van der Waals surface area contributed by atoms with Crippen LogP contribution in [-0.4, -0.2) is 38.0 Å². The number of H-pyrrole nitrogens is 1. The molecule has 0 aliphatic rings. The zero-order chi connectivity index (χ0) is 33.1. The van der Waals surface area contributed by atoms with E-state index in [4.69, 9.17) is 10.1 Å². The van der Waals surface area contributed by atoms with Crippen molar-refractivity contribution in [3.05, 3.63) is 71.8 Å². The molecule has 4 aromatic rings. The minimum Gasteiger partial charge on any atom is -0.507 e. The number of anilines is 2. The van der Waals surface area contributed by atoms with Gasteiger partial charge in [0.1, 0.15) is 11.6 Å². The number of phenolic OH excluding ortho intramolecular Hbond substituents is 1. The molecule has 0 saturated heterocycles. The molecule has 0 aliphatic heterocycles. The number of carbonyl (C=O) groups is 3. The number of aromatic nitrogens is 2. The molecule has 1 aromatic heterocycles. The molecule has 1 heterocycles. The smallest absolute Gasteiger partial charge is 0.303 e. The number of aliphatic carboxylic acids is 1. The van der Waals surface area contributed by atoms with Crippen LogP contribution in [0, 0.1) is 0 Å². The van der Waals surface area contributed by atoms with E-state index < -0.39 is 5.97 Å². The summed E-state index contributed by atoms with van der Waals surface area (Å²) in [6, 6.07) is 18.7.